The molecule has 0 aromatic heterocycles. The normalized spacial score (nSPS) is 12.0. The largest absolute Gasteiger partial charge is 0.354 e. The van der Waals surface area contributed by atoms with Crippen LogP contribution in [0.1, 0.15) is 51.2 Å². The Morgan fingerprint density at radius 1 is 0.821 bits per heavy atom. The molecular weight excluding hydrogens is 510 g/mol. The van der Waals surface area contributed by atoms with Crippen molar-refractivity contribution >= 4 is 27.5 Å². The van der Waals surface area contributed by atoms with E-state index in [2.05, 4.69) is 5.32 Å². The second kappa shape index (κ2) is 14.5. The number of hydrogen-bond acceptors (Lipinski definition) is 4. The van der Waals surface area contributed by atoms with Crippen LogP contribution in [-0.2, 0) is 32.6 Å². The Balaban J connectivity index is 2.00. The van der Waals surface area contributed by atoms with E-state index in [0.717, 1.165) is 34.7 Å². The number of anilines is 1. The Morgan fingerprint density at radius 3 is 2.00 bits per heavy atom. The van der Waals surface area contributed by atoms with Crippen LogP contribution >= 0.6 is 0 Å². The summed E-state index contributed by atoms with van der Waals surface area (Å²) in [6.07, 6.45) is 2.98. The third-order valence-corrected chi connectivity index (χ3v) is 8.44. The molecule has 2 amide bonds. The number of carbonyl (C=O) groups is 2. The molecule has 1 unspecified atom stereocenters. The third-order valence-electron chi connectivity index (χ3n) is 6.65. The molecule has 0 bridgehead atoms. The molecule has 0 fully saturated rings. The second-order valence-corrected chi connectivity index (χ2v) is 11.3. The van der Waals surface area contributed by atoms with E-state index >= 15 is 0 Å². The number of carbonyl (C=O) groups excluding carboxylic acids is 2. The molecular formula is C31H39N3O4S. The van der Waals surface area contributed by atoms with Crippen molar-refractivity contribution in [3.63, 3.8) is 0 Å². The lowest BCUT2D eigenvalue weighted by molar-refractivity contribution is -0.140. The van der Waals surface area contributed by atoms with Crippen molar-refractivity contribution in [2.75, 3.05) is 17.4 Å². The van der Waals surface area contributed by atoms with E-state index in [1.807, 2.05) is 63.2 Å². The molecule has 1 atom stereocenters. The van der Waals surface area contributed by atoms with Crippen LogP contribution in [0.4, 0.5) is 5.69 Å². The Kier molecular flexibility index (Phi) is 11.1. The molecule has 0 spiro atoms. The zero-order valence-electron chi connectivity index (χ0n) is 23.0. The van der Waals surface area contributed by atoms with Gasteiger partial charge in [-0.3, -0.25) is 13.9 Å². The summed E-state index contributed by atoms with van der Waals surface area (Å²) >= 11 is 0. The first-order valence-corrected chi connectivity index (χ1v) is 15.0. The van der Waals surface area contributed by atoms with Gasteiger partial charge in [0.2, 0.25) is 11.8 Å². The van der Waals surface area contributed by atoms with Crippen molar-refractivity contribution in [3.05, 3.63) is 96.1 Å². The first-order valence-electron chi connectivity index (χ1n) is 13.6. The van der Waals surface area contributed by atoms with Gasteiger partial charge in [0.05, 0.1) is 10.6 Å². The van der Waals surface area contributed by atoms with Crippen LogP contribution in [0.2, 0.25) is 0 Å². The van der Waals surface area contributed by atoms with E-state index < -0.39 is 28.5 Å². The van der Waals surface area contributed by atoms with Crippen LogP contribution in [0, 0.1) is 0 Å². The van der Waals surface area contributed by atoms with Crippen molar-refractivity contribution < 1.29 is 18.0 Å². The minimum Gasteiger partial charge on any atom is -0.354 e. The fraction of sp³-hybridized carbons (Fsp3) is 0.355. The molecule has 0 aliphatic heterocycles. The lowest BCUT2D eigenvalue weighted by Gasteiger charge is -2.33. The summed E-state index contributed by atoms with van der Waals surface area (Å²) in [7, 11) is -4.06. The van der Waals surface area contributed by atoms with Crippen LogP contribution in [-0.4, -0.2) is 44.3 Å². The monoisotopic (exact) mass is 549 g/mol. The highest BCUT2D eigenvalue weighted by Crippen LogP contribution is 2.25. The predicted molar refractivity (Wildman–Crippen MR) is 156 cm³/mol. The highest BCUT2D eigenvalue weighted by atomic mass is 32.2. The highest BCUT2D eigenvalue weighted by Gasteiger charge is 2.33. The summed E-state index contributed by atoms with van der Waals surface area (Å²) in [4.78, 5) is 28.8. The minimum absolute atomic E-state index is 0.0938. The van der Waals surface area contributed by atoms with Crippen molar-refractivity contribution in [1.29, 1.82) is 0 Å². The van der Waals surface area contributed by atoms with Crippen molar-refractivity contribution in [1.82, 2.24) is 10.2 Å². The van der Waals surface area contributed by atoms with E-state index in [9.17, 15) is 18.0 Å². The fourth-order valence-electron chi connectivity index (χ4n) is 4.35. The summed E-state index contributed by atoms with van der Waals surface area (Å²) in [5, 5.41) is 2.94. The topological polar surface area (TPSA) is 86.8 Å². The summed E-state index contributed by atoms with van der Waals surface area (Å²) < 4.78 is 28.8. The number of nitrogens with one attached hydrogen (secondary N) is 1. The maximum atomic E-state index is 14.0. The Labute approximate surface area is 232 Å². The minimum atomic E-state index is -4.06. The number of hydrogen-bond donors (Lipinski definition) is 1. The predicted octanol–water partition coefficient (Wildman–Crippen LogP) is 5.17. The molecule has 0 saturated carbocycles. The number of amides is 2. The van der Waals surface area contributed by atoms with Gasteiger partial charge in [-0.1, -0.05) is 87.9 Å². The second-order valence-electron chi connectivity index (χ2n) is 9.42. The van der Waals surface area contributed by atoms with Crippen LogP contribution in [0.5, 0.6) is 0 Å². The molecule has 1 N–H and O–H groups in total. The fourth-order valence-corrected chi connectivity index (χ4v) is 5.79. The first-order chi connectivity index (χ1) is 18.8. The summed E-state index contributed by atoms with van der Waals surface area (Å²) in [6, 6.07) is 24.0. The number of unbranched alkanes of at least 4 members (excludes halogenated alkanes) is 1. The number of sulfonamides is 1. The molecule has 39 heavy (non-hydrogen) atoms. The van der Waals surface area contributed by atoms with Gasteiger partial charge in [-0.15, -0.1) is 0 Å². The number of rotatable bonds is 14. The lowest BCUT2D eigenvalue weighted by atomic mass is 10.1. The zero-order chi connectivity index (χ0) is 28.3. The lowest BCUT2D eigenvalue weighted by Crippen LogP contribution is -2.52. The summed E-state index contributed by atoms with van der Waals surface area (Å²) in [6.45, 7) is 6.20. The summed E-state index contributed by atoms with van der Waals surface area (Å²) in [5.41, 5.74) is 2.31. The first kappa shape index (κ1) is 29.9. The standard InChI is InChI=1S/C31H39N3O4S/c1-4-7-22-32-31(36)29(6-3)33(23-26-14-10-8-11-15-26)30(35)24-34(27-20-18-25(5-2)19-21-27)39(37,38)28-16-12-9-13-17-28/h8-21,29H,4-7,22-24H2,1-3H3,(H,32,36). The van der Waals surface area contributed by atoms with Crippen molar-refractivity contribution in [2.24, 2.45) is 0 Å². The number of aryl methyl sites for hydroxylation is 1. The van der Waals surface area contributed by atoms with Crippen LogP contribution < -0.4 is 9.62 Å². The van der Waals surface area contributed by atoms with Gasteiger partial charge in [-0.2, -0.15) is 0 Å². The molecule has 3 aromatic carbocycles. The molecule has 208 valence electrons. The average molecular weight is 550 g/mol. The summed E-state index contributed by atoms with van der Waals surface area (Å²) in [5.74, 6) is -0.685. The molecule has 8 heteroatoms. The average Bonchev–Trinajstić information content (AvgIpc) is 2.96. The SMILES string of the molecule is CCCCNC(=O)C(CC)N(Cc1ccccc1)C(=O)CN(c1ccc(CC)cc1)S(=O)(=O)c1ccccc1. The molecule has 0 aliphatic carbocycles. The maximum absolute atomic E-state index is 14.0. The third kappa shape index (κ3) is 7.93. The number of nitrogens with zero attached hydrogens (tertiary/aromatic N) is 2. The van der Waals surface area contributed by atoms with Gasteiger partial charge in [0, 0.05) is 13.1 Å². The highest BCUT2D eigenvalue weighted by molar-refractivity contribution is 7.92. The maximum Gasteiger partial charge on any atom is 0.264 e. The Hall–Kier alpha value is -3.65. The van der Waals surface area contributed by atoms with E-state index in [0.29, 0.717) is 18.7 Å². The van der Waals surface area contributed by atoms with Gasteiger partial charge in [-0.25, -0.2) is 8.42 Å². The number of benzene rings is 3. The van der Waals surface area contributed by atoms with Gasteiger partial charge in [0.1, 0.15) is 12.6 Å². The van der Waals surface area contributed by atoms with Gasteiger partial charge < -0.3 is 10.2 Å². The van der Waals surface area contributed by atoms with Gasteiger partial charge >= 0.3 is 0 Å². The smallest absolute Gasteiger partial charge is 0.264 e. The van der Waals surface area contributed by atoms with Crippen molar-refractivity contribution in [3.8, 4) is 0 Å². The zero-order valence-corrected chi connectivity index (χ0v) is 23.9. The molecule has 3 aromatic rings. The molecule has 3 rings (SSSR count). The van der Waals surface area contributed by atoms with Crippen LogP contribution in [0.3, 0.4) is 0 Å². The molecule has 0 radical (unpaired) electrons. The van der Waals surface area contributed by atoms with Gasteiger partial charge in [-0.05, 0) is 54.7 Å². The van der Waals surface area contributed by atoms with E-state index in [1.165, 1.54) is 17.0 Å². The van der Waals surface area contributed by atoms with E-state index in [1.54, 1.807) is 30.3 Å². The van der Waals surface area contributed by atoms with Gasteiger partial charge in [0.25, 0.3) is 10.0 Å². The van der Waals surface area contributed by atoms with Gasteiger partial charge in [0.15, 0.2) is 0 Å². The van der Waals surface area contributed by atoms with Crippen LogP contribution in [0.15, 0.2) is 89.8 Å². The molecule has 0 saturated heterocycles. The van der Waals surface area contributed by atoms with E-state index in [-0.39, 0.29) is 17.3 Å². The quantitative estimate of drug-likeness (QED) is 0.281. The molecule has 7 nitrogen and oxygen atoms in total. The van der Waals surface area contributed by atoms with Crippen LogP contribution in [0.25, 0.3) is 0 Å². The Bertz CT molecular complexity index is 1300. The van der Waals surface area contributed by atoms with E-state index in [4.69, 9.17) is 0 Å². The molecule has 0 heterocycles. The van der Waals surface area contributed by atoms with Crippen molar-refractivity contribution in [2.45, 2.75) is 63.9 Å². The molecule has 0 aliphatic rings. The Morgan fingerprint density at radius 2 is 1.44 bits per heavy atom.